The summed E-state index contributed by atoms with van der Waals surface area (Å²) in [6.07, 6.45) is 4.07. The van der Waals surface area contributed by atoms with Crippen molar-refractivity contribution in [2.45, 2.75) is 31.4 Å². The minimum Gasteiger partial charge on any atom is -0.481 e. The van der Waals surface area contributed by atoms with Crippen LogP contribution in [0.3, 0.4) is 0 Å². The highest BCUT2D eigenvalue weighted by Gasteiger charge is 2.29. The minimum atomic E-state index is -0.461. The summed E-state index contributed by atoms with van der Waals surface area (Å²) in [4.78, 5) is 10.9. The first-order valence-corrected chi connectivity index (χ1v) is 7.64. The van der Waals surface area contributed by atoms with E-state index in [0.29, 0.717) is 18.2 Å². The molecule has 22 heavy (non-hydrogen) atoms. The lowest BCUT2D eigenvalue weighted by Crippen LogP contribution is -2.32. The maximum Gasteiger partial charge on any atom is 0.228 e. The van der Waals surface area contributed by atoms with Gasteiger partial charge in [0.25, 0.3) is 0 Å². The van der Waals surface area contributed by atoms with E-state index in [1.165, 1.54) is 0 Å². The van der Waals surface area contributed by atoms with Gasteiger partial charge >= 0.3 is 0 Å². The van der Waals surface area contributed by atoms with E-state index < -0.39 is 6.10 Å². The number of aliphatic hydroxyl groups is 1. The highest BCUT2D eigenvalue weighted by molar-refractivity contribution is 5.35. The lowest BCUT2D eigenvalue weighted by atomic mass is 10.0. The van der Waals surface area contributed by atoms with E-state index in [9.17, 15) is 5.11 Å². The summed E-state index contributed by atoms with van der Waals surface area (Å²) in [7, 11) is 1.60. The summed E-state index contributed by atoms with van der Waals surface area (Å²) >= 11 is 0. The second kappa shape index (κ2) is 6.75. The van der Waals surface area contributed by atoms with Crippen LogP contribution in [0.4, 0.5) is 5.95 Å². The summed E-state index contributed by atoms with van der Waals surface area (Å²) < 4.78 is 5.17. The average Bonchev–Trinajstić information content (AvgIpc) is 3.04. The molecule has 0 saturated carbocycles. The van der Waals surface area contributed by atoms with Gasteiger partial charge in [-0.1, -0.05) is 30.3 Å². The van der Waals surface area contributed by atoms with Gasteiger partial charge in [0.2, 0.25) is 11.8 Å². The Morgan fingerprint density at radius 3 is 2.91 bits per heavy atom. The molecule has 1 aliphatic rings. The number of rotatable bonds is 5. The van der Waals surface area contributed by atoms with E-state index >= 15 is 0 Å². The third-order valence-electron chi connectivity index (χ3n) is 4.14. The molecule has 2 atom stereocenters. The second-order valence-electron chi connectivity index (χ2n) is 5.55. The van der Waals surface area contributed by atoms with Crippen molar-refractivity contribution in [1.29, 1.82) is 0 Å². The fourth-order valence-corrected chi connectivity index (χ4v) is 3.00. The van der Waals surface area contributed by atoms with Crippen molar-refractivity contribution in [3.05, 3.63) is 48.2 Å². The molecule has 3 rings (SSSR count). The molecule has 5 nitrogen and oxygen atoms in total. The van der Waals surface area contributed by atoms with Crippen LogP contribution in [0.1, 0.15) is 30.9 Å². The number of aromatic nitrogens is 2. The second-order valence-corrected chi connectivity index (χ2v) is 5.55. The minimum absolute atomic E-state index is 0.252. The van der Waals surface area contributed by atoms with E-state index in [1.807, 2.05) is 30.3 Å². The van der Waals surface area contributed by atoms with Gasteiger partial charge < -0.3 is 14.7 Å². The van der Waals surface area contributed by atoms with Crippen LogP contribution in [0.15, 0.2) is 42.6 Å². The molecule has 0 unspecified atom stereocenters. The summed E-state index contributed by atoms with van der Waals surface area (Å²) in [5.74, 6) is 1.25. The quantitative estimate of drug-likeness (QED) is 0.919. The molecule has 2 aromatic rings. The van der Waals surface area contributed by atoms with Crippen LogP contribution in [0.2, 0.25) is 0 Å². The molecule has 2 heterocycles. The molecule has 116 valence electrons. The summed E-state index contributed by atoms with van der Waals surface area (Å²) in [6.45, 7) is 0.916. The molecular weight excluding hydrogens is 278 g/mol. The van der Waals surface area contributed by atoms with Crippen molar-refractivity contribution in [3.8, 4) is 5.88 Å². The summed E-state index contributed by atoms with van der Waals surface area (Å²) in [5, 5.41) is 10.5. The zero-order chi connectivity index (χ0) is 15.4. The Bertz CT molecular complexity index is 606. The number of hydrogen-bond donors (Lipinski definition) is 1. The van der Waals surface area contributed by atoms with Crippen molar-refractivity contribution >= 4 is 5.95 Å². The number of anilines is 1. The van der Waals surface area contributed by atoms with E-state index in [0.717, 1.165) is 24.9 Å². The number of nitrogens with zero attached hydrogens (tertiary/aromatic N) is 3. The van der Waals surface area contributed by atoms with Crippen molar-refractivity contribution in [2.75, 3.05) is 18.6 Å². The number of aliphatic hydroxyl groups excluding tert-OH is 1. The zero-order valence-corrected chi connectivity index (χ0v) is 12.7. The fourth-order valence-electron chi connectivity index (χ4n) is 3.00. The Labute approximate surface area is 130 Å². The lowest BCUT2D eigenvalue weighted by Gasteiger charge is -2.26. The van der Waals surface area contributed by atoms with Crippen molar-refractivity contribution in [1.82, 2.24) is 9.97 Å². The Kier molecular flexibility index (Phi) is 4.53. The SMILES string of the molecule is COc1ccnc(N2CCC[C@@H]2C[C@H](O)c2ccccc2)n1. The predicted molar refractivity (Wildman–Crippen MR) is 85.0 cm³/mol. The molecule has 1 N–H and O–H groups in total. The van der Waals surface area contributed by atoms with Crippen molar-refractivity contribution in [2.24, 2.45) is 0 Å². The molecule has 1 aromatic heterocycles. The van der Waals surface area contributed by atoms with Gasteiger partial charge in [0.15, 0.2) is 0 Å². The van der Waals surface area contributed by atoms with Crippen LogP contribution in [0.5, 0.6) is 5.88 Å². The Hall–Kier alpha value is -2.14. The van der Waals surface area contributed by atoms with E-state index in [-0.39, 0.29) is 6.04 Å². The number of benzene rings is 1. The first kappa shape index (κ1) is 14.8. The number of hydrogen-bond acceptors (Lipinski definition) is 5. The van der Waals surface area contributed by atoms with Gasteiger partial charge in [-0.15, -0.1) is 0 Å². The molecule has 0 aliphatic carbocycles. The highest BCUT2D eigenvalue weighted by Crippen LogP contribution is 2.30. The standard InChI is InChI=1S/C17H21N3O2/c1-22-16-9-10-18-17(19-16)20-11-5-8-14(20)12-15(21)13-6-3-2-4-7-13/h2-4,6-7,9-10,14-15,21H,5,8,11-12H2,1H3/t14-,15+/m1/s1. The largest absolute Gasteiger partial charge is 0.481 e. The van der Waals surface area contributed by atoms with E-state index in [1.54, 1.807) is 19.4 Å². The maximum atomic E-state index is 10.5. The van der Waals surface area contributed by atoms with Gasteiger partial charge in [0.1, 0.15) is 0 Å². The van der Waals surface area contributed by atoms with Crippen LogP contribution in [-0.2, 0) is 0 Å². The lowest BCUT2D eigenvalue weighted by molar-refractivity contribution is 0.158. The molecule has 0 radical (unpaired) electrons. The topological polar surface area (TPSA) is 58.5 Å². The van der Waals surface area contributed by atoms with E-state index in [2.05, 4.69) is 14.9 Å². The molecular formula is C17H21N3O2. The molecule has 5 heteroatoms. The molecule has 1 saturated heterocycles. The van der Waals surface area contributed by atoms with Gasteiger partial charge in [-0.25, -0.2) is 4.98 Å². The van der Waals surface area contributed by atoms with Crippen LogP contribution in [0, 0.1) is 0 Å². The molecule has 0 bridgehead atoms. The third kappa shape index (κ3) is 3.20. The van der Waals surface area contributed by atoms with Gasteiger partial charge in [-0.3, -0.25) is 0 Å². The maximum absolute atomic E-state index is 10.5. The third-order valence-corrected chi connectivity index (χ3v) is 4.14. The molecule has 0 spiro atoms. The Morgan fingerprint density at radius 1 is 1.32 bits per heavy atom. The number of methoxy groups -OCH3 is 1. The molecule has 1 aliphatic heterocycles. The van der Waals surface area contributed by atoms with Gasteiger partial charge in [0, 0.05) is 24.8 Å². The van der Waals surface area contributed by atoms with Gasteiger partial charge in [-0.05, 0) is 24.8 Å². The average molecular weight is 299 g/mol. The number of ether oxygens (including phenoxy) is 1. The van der Waals surface area contributed by atoms with Gasteiger partial charge in [-0.2, -0.15) is 4.98 Å². The normalized spacial score (nSPS) is 19.2. The van der Waals surface area contributed by atoms with Gasteiger partial charge in [0.05, 0.1) is 13.2 Å². The van der Waals surface area contributed by atoms with Crippen molar-refractivity contribution < 1.29 is 9.84 Å². The summed E-state index contributed by atoms with van der Waals surface area (Å²) in [5.41, 5.74) is 0.959. The Morgan fingerprint density at radius 2 is 2.14 bits per heavy atom. The smallest absolute Gasteiger partial charge is 0.228 e. The Balaban J connectivity index is 1.73. The fraction of sp³-hybridized carbons (Fsp3) is 0.412. The van der Waals surface area contributed by atoms with E-state index in [4.69, 9.17) is 4.74 Å². The molecule has 1 aromatic carbocycles. The summed E-state index contributed by atoms with van der Waals surface area (Å²) in [6, 6.07) is 11.8. The first-order chi connectivity index (χ1) is 10.8. The van der Waals surface area contributed by atoms with Crippen molar-refractivity contribution in [3.63, 3.8) is 0 Å². The predicted octanol–water partition coefficient (Wildman–Crippen LogP) is 2.58. The highest BCUT2D eigenvalue weighted by atomic mass is 16.5. The van der Waals surface area contributed by atoms with Crippen LogP contribution < -0.4 is 9.64 Å². The molecule has 1 fully saturated rings. The van der Waals surface area contributed by atoms with Crippen LogP contribution in [-0.4, -0.2) is 34.8 Å². The first-order valence-electron chi connectivity index (χ1n) is 7.64. The molecule has 0 amide bonds. The van der Waals surface area contributed by atoms with Crippen LogP contribution >= 0.6 is 0 Å². The van der Waals surface area contributed by atoms with Crippen LogP contribution in [0.25, 0.3) is 0 Å². The zero-order valence-electron chi connectivity index (χ0n) is 12.7. The monoisotopic (exact) mass is 299 g/mol.